The van der Waals surface area contributed by atoms with E-state index in [1.165, 1.54) is 57.8 Å². The summed E-state index contributed by atoms with van der Waals surface area (Å²) in [5.41, 5.74) is 3.33. The molecule has 0 saturated heterocycles. The lowest BCUT2D eigenvalue weighted by Crippen LogP contribution is -2.45. The van der Waals surface area contributed by atoms with Gasteiger partial charge in [0.15, 0.2) is 0 Å². The fraction of sp³-hybridized carbons (Fsp3) is 1.00. The Bertz CT molecular complexity index is 240. The molecule has 18 heavy (non-hydrogen) atoms. The first-order chi connectivity index (χ1) is 8.56. The van der Waals surface area contributed by atoms with Gasteiger partial charge >= 0.3 is 0 Å². The van der Waals surface area contributed by atoms with Gasteiger partial charge in [0.1, 0.15) is 0 Å². The van der Waals surface area contributed by atoms with Crippen LogP contribution in [0.1, 0.15) is 78.6 Å². The van der Waals surface area contributed by atoms with Crippen molar-refractivity contribution in [2.45, 2.75) is 90.2 Å². The lowest BCUT2D eigenvalue weighted by Gasteiger charge is -2.40. The van der Waals surface area contributed by atoms with Crippen LogP contribution in [0.5, 0.6) is 0 Å². The van der Waals surface area contributed by atoms with Crippen molar-refractivity contribution < 1.29 is 4.84 Å². The van der Waals surface area contributed by atoms with Gasteiger partial charge in [-0.15, -0.1) is 0 Å². The van der Waals surface area contributed by atoms with Crippen LogP contribution in [0, 0.1) is 11.8 Å². The maximum Gasteiger partial charge on any atom is 0.0813 e. The maximum atomic E-state index is 5.84. The van der Waals surface area contributed by atoms with Gasteiger partial charge in [0.25, 0.3) is 0 Å². The number of hydroxylamine groups is 1. The van der Waals surface area contributed by atoms with Crippen LogP contribution in [0.2, 0.25) is 0 Å². The summed E-state index contributed by atoms with van der Waals surface area (Å²) in [5.74, 6) is 1.82. The normalized spacial score (nSPS) is 31.5. The predicted molar refractivity (Wildman–Crippen MR) is 76.3 cm³/mol. The topological polar surface area (TPSA) is 21.3 Å². The summed E-state index contributed by atoms with van der Waals surface area (Å²) in [5, 5.41) is 0. The van der Waals surface area contributed by atoms with Crippen LogP contribution in [-0.4, -0.2) is 11.6 Å². The van der Waals surface area contributed by atoms with E-state index in [0.29, 0.717) is 6.04 Å². The molecule has 2 atom stereocenters. The third kappa shape index (κ3) is 4.24. The number of hydrogen-bond acceptors (Lipinski definition) is 2. The van der Waals surface area contributed by atoms with Gasteiger partial charge in [0.2, 0.25) is 0 Å². The zero-order valence-electron chi connectivity index (χ0n) is 12.5. The Labute approximate surface area is 113 Å². The van der Waals surface area contributed by atoms with E-state index in [2.05, 4.69) is 26.3 Å². The minimum absolute atomic E-state index is 0.0748. The first-order valence-electron chi connectivity index (χ1n) is 8.00. The molecular formula is C16H31NO. The van der Waals surface area contributed by atoms with Gasteiger partial charge in [-0.1, -0.05) is 44.9 Å². The molecule has 2 aliphatic carbocycles. The largest absolute Gasteiger partial charge is 0.296 e. The van der Waals surface area contributed by atoms with Gasteiger partial charge in [-0.3, -0.25) is 4.84 Å². The first-order valence-corrected chi connectivity index (χ1v) is 8.00. The standard InChI is InChI=1S/C16H31NO/c1-16(2,3)18-17-15-12-8-7-11-14(15)13-9-5-4-6-10-13/h13-15,17H,4-12H2,1-3H3. The summed E-state index contributed by atoms with van der Waals surface area (Å²) < 4.78 is 0. The Morgan fingerprint density at radius 1 is 0.833 bits per heavy atom. The number of hydrogen-bond donors (Lipinski definition) is 1. The molecule has 0 aliphatic heterocycles. The van der Waals surface area contributed by atoms with Crippen molar-refractivity contribution in [2.75, 3.05) is 0 Å². The average molecular weight is 253 g/mol. The van der Waals surface area contributed by atoms with E-state index in [9.17, 15) is 0 Å². The predicted octanol–water partition coefficient (Wildman–Crippen LogP) is 4.45. The highest BCUT2D eigenvalue weighted by Crippen LogP contribution is 2.38. The molecule has 2 nitrogen and oxygen atoms in total. The number of nitrogens with one attached hydrogen (secondary N) is 1. The second-order valence-electron chi connectivity index (χ2n) is 7.29. The van der Waals surface area contributed by atoms with E-state index in [1.54, 1.807) is 0 Å². The highest BCUT2D eigenvalue weighted by atomic mass is 16.7. The van der Waals surface area contributed by atoms with E-state index in [0.717, 1.165) is 11.8 Å². The van der Waals surface area contributed by atoms with E-state index >= 15 is 0 Å². The van der Waals surface area contributed by atoms with Gasteiger partial charge in [-0.2, -0.15) is 5.48 Å². The molecule has 2 rings (SSSR count). The summed E-state index contributed by atoms with van der Waals surface area (Å²) in [6.45, 7) is 6.37. The second kappa shape index (κ2) is 6.38. The van der Waals surface area contributed by atoms with Gasteiger partial charge in [-0.25, -0.2) is 0 Å². The zero-order valence-corrected chi connectivity index (χ0v) is 12.5. The number of rotatable bonds is 3. The van der Waals surface area contributed by atoms with Crippen molar-refractivity contribution >= 4 is 0 Å². The Morgan fingerprint density at radius 2 is 1.44 bits per heavy atom. The van der Waals surface area contributed by atoms with Crippen molar-refractivity contribution in [3.05, 3.63) is 0 Å². The molecule has 0 amide bonds. The Kier molecular flexibility index (Phi) is 5.08. The molecule has 2 unspecified atom stereocenters. The second-order valence-corrected chi connectivity index (χ2v) is 7.29. The van der Waals surface area contributed by atoms with E-state index < -0.39 is 0 Å². The SMILES string of the molecule is CC(C)(C)ONC1CCCCC1C1CCCCC1. The van der Waals surface area contributed by atoms with E-state index in [4.69, 9.17) is 4.84 Å². The molecule has 0 bridgehead atoms. The molecule has 0 aromatic carbocycles. The minimum atomic E-state index is -0.0748. The van der Waals surface area contributed by atoms with Crippen molar-refractivity contribution in [2.24, 2.45) is 11.8 Å². The maximum absolute atomic E-state index is 5.84. The van der Waals surface area contributed by atoms with Crippen LogP contribution in [-0.2, 0) is 4.84 Å². The van der Waals surface area contributed by atoms with Crippen molar-refractivity contribution in [1.82, 2.24) is 5.48 Å². The van der Waals surface area contributed by atoms with Gasteiger partial charge in [0, 0.05) is 6.04 Å². The van der Waals surface area contributed by atoms with Crippen molar-refractivity contribution in [3.8, 4) is 0 Å². The van der Waals surface area contributed by atoms with Gasteiger partial charge in [0.05, 0.1) is 5.60 Å². The van der Waals surface area contributed by atoms with Crippen LogP contribution < -0.4 is 5.48 Å². The van der Waals surface area contributed by atoms with Crippen molar-refractivity contribution in [1.29, 1.82) is 0 Å². The summed E-state index contributed by atoms with van der Waals surface area (Å²) in [6, 6.07) is 0.598. The lowest BCUT2D eigenvalue weighted by molar-refractivity contribution is -0.106. The molecule has 0 aromatic heterocycles. The van der Waals surface area contributed by atoms with Gasteiger partial charge in [-0.05, 0) is 45.4 Å². The van der Waals surface area contributed by atoms with Crippen LogP contribution in [0.4, 0.5) is 0 Å². The molecule has 1 N–H and O–H groups in total. The summed E-state index contributed by atoms with van der Waals surface area (Å²) in [6.07, 6.45) is 12.8. The molecule has 0 spiro atoms. The van der Waals surface area contributed by atoms with E-state index in [1.807, 2.05) is 0 Å². The smallest absolute Gasteiger partial charge is 0.0813 e. The summed E-state index contributed by atoms with van der Waals surface area (Å²) >= 11 is 0. The van der Waals surface area contributed by atoms with Crippen LogP contribution >= 0.6 is 0 Å². The van der Waals surface area contributed by atoms with Crippen LogP contribution in [0.15, 0.2) is 0 Å². The van der Waals surface area contributed by atoms with Crippen LogP contribution in [0.25, 0.3) is 0 Å². The molecule has 0 aromatic rings. The fourth-order valence-corrected chi connectivity index (χ4v) is 3.68. The Hall–Kier alpha value is -0.0800. The highest BCUT2D eigenvalue weighted by Gasteiger charge is 2.33. The van der Waals surface area contributed by atoms with Gasteiger partial charge < -0.3 is 0 Å². The highest BCUT2D eigenvalue weighted by molar-refractivity contribution is 4.85. The molecule has 106 valence electrons. The molecule has 2 heteroatoms. The third-order valence-electron chi connectivity index (χ3n) is 4.59. The zero-order chi connectivity index (χ0) is 13.0. The third-order valence-corrected chi connectivity index (χ3v) is 4.59. The molecule has 0 radical (unpaired) electrons. The minimum Gasteiger partial charge on any atom is -0.296 e. The lowest BCUT2D eigenvalue weighted by atomic mass is 9.71. The molecule has 0 heterocycles. The molecule has 2 aliphatic rings. The van der Waals surface area contributed by atoms with Crippen LogP contribution in [0.3, 0.4) is 0 Å². The molecule has 2 fully saturated rings. The quantitative estimate of drug-likeness (QED) is 0.751. The summed E-state index contributed by atoms with van der Waals surface area (Å²) in [7, 11) is 0. The fourth-order valence-electron chi connectivity index (χ4n) is 3.68. The Morgan fingerprint density at radius 3 is 2.11 bits per heavy atom. The monoisotopic (exact) mass is 253 g/mol. The average Bonchev–Trinajstić information content (AvgIpc) is 2.37. The van der Waals surface area contributed by atoms with Crippen molar-refractivity contribution in [3.63, 3.8) is 0 Å². The summed E-state index contributed by atoms with van der Waals surface area (Å²) in [4.78, 5) is 5.84. The molecule has 2 saturated carbocycles. The molecular weight excluding hydrogens is 222 g/mol. The van der Waals surface area contributed by atoms with E-state index in [-0.39, 0.29) is 5.60 Å². The first kappa shape index (κ1) is 14.3. The Balaban J connectivity index is 1.88.